The second-order valence-corrected chi connectivity index (χ2v) is 11.7. The fourth-order valence-electron chi connectivity index (χ4n) is 6.47. The largest absolute Gasteiger partial charge is 0.494 e. The van der Waals surface area contributed by atoms with Gasteiger partial charge in [0.25, 0.3) is 0 Å². The summed E-state index contributed by atoms with van der Waals surface area (Å²) in [6.07, 6.45) is 6.01. The van der Waals surface area contributed by atoms with Gasteiger partial charge in [0.15, 0.2) is 5.82 Å². The van der Waals surface area contributed by atoms with Crippen LogP contribution in [0.25, 0.3) is 33.6 Å². The number of aryl methyl sites for hydroxylation is 2. The highest BCUT2D eigenvalue weighted by Gasteiger charge is 2.35. The van der Waals surface area contributed by atoms with Gasteiger partial charge >= 0.3 is 5.97 Å². The highest BCUT2D eigenvalue weighted by molar-refractivity contribution is 5.97. The van der Waals surface area contributed by atoms with Crippen molar-refractivity contribution in [1.82, 2.24) is 24.0 Å². The number of aromatic nitrogens is 4. The zero-order valence-corrected chi connectivity index (χ0v) is 24.6. The lowest BCUT2D eigenvalue weighted by Gasteiger charge is -2.25. The molecule has 216 valence electrons. The van der Waals surface area contributed by atoms with Gasteiger partial charge in [0.1, 0.15) is 16.9 Å². The van der Waals surface area contributed by atoms with Crippen LogP contribution in [0.1, 0.15) is 81.4 Å². The molecule has 2 aliphatic rings. The average Bonchev–Trinajstić information content (AvgIpc) is 3.61. The van der Waals surface area contributed by atoms with Crippen molar-refractivity contribution in [3.05, 3.63) is 41.6 Å². The molecule has 1 fully saturated rings. The molecule has 4 aromatic rings. The van der Waals surface area contributed by atoms with E-state index in [9.17, 15) is 9.59 Å². The molecule has 9 nitrogen and oxygen atoms in total. The van der Waals surface area contributed by atoms with E-state index in [1.807, 2.05) is 30.4 Å². The molecule has 6 rings (SSSR count). The number of pyridine rings is 1. The molecule has 1 saturated heterocycles. The van der Waals surface area contributed by atoms with E-state index >= 15 is 0 Å². The molecule has 0 saturated carbocycles. The third-order valence-corrected chi connectivity index (χ3v) is 8.66. The third kappa shape index (κ3) is 4.85. The number of ether oxygens (including phenoxy) is 2. The van der Waals surface area contributed by atoms with Crippen molar-refractivity contribution >= 4 is 33.9 Å². The molecule has 1 aromatic carbocycles. The number of nitrogens with zero attached hydrogens (tertiary/aromatic N) is 5. The molecular weight excluding hydrogens is 518 g/mol. The Morgan fingerprint density at radius 1 is 1.02 bits per heavy atom. The first-order chi connectivity index (χ1) is 19.8. The van der Waals surface area contributed by atoms with Gasteiger partial charge in [-0.1, -0.05) is 19.3 Å². The Morgan fingerprint density at radius 2 is 1.83 bits per heavy atom. The first-order valence-corrected chi connectivity index (χ1v) is 14.8. The molecule has 9 heteroatoms. The Bertz CT molecular complexity index is 1630. The number of hydrogen-bond acceptors (Lipinski definition) is 6. The van der Waals surface area contributed by atoms with Crippen LogP contribution in [0.3, 0.4) is 0 Å². The molecule has 5 heterocycles. The quantitative estimate of drug-likeness (QED) is 0.284. The van der Waals surface area contributed by atoms with Crippen molar-refractivity contribution in [3.63, 3.8) is 0 Å². The minimum absolute atomic E-state index is 0.0735. The van der Waals surface area contributed by atoms with Crippen molar-refractivity contribution < 1.29 is 19.1 Å². The van der Waals surface area contributed by atoms with Gasteiger partial charge < -0.3 is 23.5 Å². The van der Waals surface area contributed by atoms with Gasteiger partial charge in [0.2, 0.25) is 5.91 Å². The fourth-order valence-corrected chi connectivity index (χ4v) is 6.47. The number of rotatable bonds is 4. The summed E-state index contributed by atoms with van der Waals surface area (Å²) in [6.45, 7) is 7.37. The second kappa shape index (κ2) is 10.8. The number of amides is 1. The van der Waals surface area contributed by atoms with Gasteiger partial charge in [-0.25, -0.2) is 14.8 Å². The third-order valence-electron chi connectivity index (χ3n) is 8.66. The Kier molecular flexibility index (Phi) is 7.21. The maximum Gasteiger partial charge on any atom is 0.338 e. The summed E-state index contributed by atoms with van der Waals surface area (Å²) in [7, 11) is 3.58. The van der Waals surface area contributed by atoms with E-state index in [-0.39, 0.29) is 24.0 Å². The molecule has 2 aliphatic heterocycles. The molecule has 0 aliphatic carbocycles. The van der Waals surface area contributed by atoms with E-state index in [1.165, 1.54) is 0 Å². The zero-order valence-electron chi connectivity index (χ0n) is 24.6. The maximum absolute atomic E-state index is 13.2. The van der Waals surface area contributed by atoms with Crippen LogP contribution in [0.2, 0.25) is 0 Å². The number of esters is 1. The summed E-state index contributed by atoms with van der Waals surface area (Å²) >= 11 is 0. The van der Waals surface area contributed by atoms with Gasteiger partial charge in [-0.05, 0) is 70.4 Å². The minimum Gasteiger partial charge on any atom is -0.494 e. The molecule has 0 unspecified atom stereocenters. The van der Waals surface area contributed by atoms with Gasteiger partial charge in [-0.15, -0.1) is 0 Å². The number of methoxy groups -OCH3 is 1. The number of hydrogen-bond donors (Lipinski definition) is 0. The maximum atomic E-state index is 13.2. The number of carbonyl (C=O) groups is 2. The number of carbonyl (C=O) groups excluding carboxylic acids is 2. The van der Waals surface area contributed by atoms with E-state index in [0.717, 1.165) is 85.4 Å². The highest BCUT2D eigenvalue weighted by Crippen LogP contribution is 2.36. The Balaban J connectivity index is 1.48. The monoisotopic (exact) mass is 557 g/mol. The van der Waals surface area contributed by atoms with Crippen LogP contribution in [0.5, 0.6) is 5.75 Å². The Hall–Kier alpha value is -3.88. The fraction of sp³-hybridized carbons (Fsp3) is 0.500. The van der Waals surface area contributed by atoms with Crippen LogP contribution >= 0.6 is 0 Å². The molecular formula is C32H39N5O4. The van der Waals surface area contributed by atoms with Crippen LogP contribution in [-0.2, 0) is 23.1 Å². The first kappa shape index (κ1) is 27.3. The lowest BCUT2D eigenvalue weighted by Crippen LogP contribution is -2.30. The lowest BCUT2D eigenvalue weighted by atomic mass is 9.99. The van der Waals surface area contributed by atoms with Gasteiger partial charge in [-0.3, -0.25) is 4.79 Å². The molecule has 0 radical (unpaired) electrons. The van der Waals surface area contributed by atoms with Crippen LogP contribution in [0.15, 0.2) is 30.3 Å². The van der Waals surface area contributed by atoms with Crippen molar-refractivity contribution in [2.24, 2.45) is 13.0 Å². The normalized spacial score (nSPS) is 19.9. The Labute approximate surface area is 240 Å². The minimum atomic E-state index is -0.400. The highest BCUT2D eigenvalue weighted by atomic mass is 16.5. The predicted molar refractivity (Wildman–Crippen MR) is 158 cm³/mol. The molecule has 2 atom stereocenters. The van der Waals surface area contributed by atoms with E-state index in [0.29, 0.717) is 16.8 Å². The Morgan fingerprint density at radius 3 is 2.61 bits per heavy atom. The number of imidazole rings is 1. The SMILES string of the molecule is COc1cc(C(=O)OC(C)C)cc2nc(-c3cc4ccc5nc4n3CCCCCC[C@@H]3CCN(C3=O)[C@@H]5C)n(C)c12. The predicted octanol–water partition coefficient (Wildman–Crippen LogP) is 6.04. The molecule has 41 heavy (non-hydrogen) atoms. The van der Waals surface area contributed by atoms with E-state index in [4.69, 9.17) is 19.4 Å². The summed E-state index contributed by atoms with van der Waals surface area (Å²) < 4.78 is 15.5. The average molecular weight is 558 g/mol. The van der Waals surface area contributed by atoms with E-state index in [1.54, 1.807) is 19.2 Å². The summed E-state index contributed by atoms with van der Waals surface area (Å²) in [5.41, 5.74) is 4.68. The zero-order chi connectivity index (χ0) is 28.8. The van der Waals surface area contributed by atoms with Gasteiger partial charge in [0.05, 0.1) is 41.7 Å². The number of benzene rings is 1. The van der Waals surface area contributed by atoms with E-state index < -0.39 is 5.97 Å². The standard InChI is InChI=1S/C32H39N5O4/c1-19(2)41-32(39)23-16-25-28(27(18-23)40-5)35(4)30(34-25)26-17-22-11-12-24-20(3)36-15-13-21(31(36)38)10-8-6-7-9-14-37(26)29(22)33-24/h11-12,16-21H,6-10,13-15H2,1-5H3/t20-,21-/m1/s1. The summed E-state index contributed by atoms with van der Waals surface area (Å²) in [5, 5.41) is 1.04. The summed E-state index contributed by atoms with van der Waals surface area (Å²) in [6, 6.07) is 9.73. The van der Waals surface area contributed by atoms with Gasteiger partial charge in [0, 0.05) is 31.4 Å². The summed E-state index contributed by atoms with van der Waals surface area (Å²) in [5.74, 6) is 1.38. The van der Waals surface area contributed by atoms with Gasteiger partial charge in [-0.2, -0.15) is 0 Å². The lowest BCUT2D eigenvalue weighted by molar-refractivity contribution is -0.133. The van der Waals surface area contributed by atoms with Crippen molar-refractivity contribution in [2.75, 3.05) is 13.7 Å². The van der Waals surface area contributed by atoms with E-state index in [2.05, 4.69) is 29.7 Å². The van der Waals surface area contributed by atoms with Crippen molar-refractivity contribution in [3.8, 4) is 17.3 Å². The molecule has 3 aromatic heterocycles. The molecule has 1 amide bonds. The van der Waals surface area contributed by atoms with Crippen molar-refractivity contribution in [1.29, 1.82) is 0 Å². The second-order valence-electron chi connectivity index (χ2n) is 11.7. The summed E-state index contributed by atoms with van der Waals surface area (Å²) in [4.78, 5) is 38.1. The first-order valence-electron chi connectivity index (χ1n) is 14.8. The van der Waals surface area contributed by atoms with Crippen LogP contribution in [0.4, 0.5) is 0 Å². The molecule has 0 spiro atoms. The number of fused-ring (bicyclic) bond motifs is 4. The molecule has 0 N–H and O–H groups in total. The van der Waals surface area contributed by atoms with Crippen molar-refractivity contribution in [2.45, 2.75) is 78.0 Å². The van der Waals surface area contributed by atoms with Crippen LogP contribution < -0.4 is 4.74 Å². The van der Waals surface area contributed by atoms with Crippen LogP contribution in [-0.4, -0.2) is 55.6 Å². The molecule has 4 bridgehead atoms. The van der Waals surface area contributed by atoms with Crippen LogP contribution in [0, 0.1) is 5.92 Å². The smallest absolute Gasteiger partial charge is 0.338 e. The topological polar surface area (TPSA) is 91.5 Å².